The molecule has 0 aliphatic rings. The number of carbonyl (C=O) groups is 1. The summed E-state index contributed by atoms with van der Waals surface area (Å²) in [6.07, 6.45) is 3.39. The number of hydrogen-bond acceptors (Lipinski definition) is 3. The third kappa shape index (κ3) is 4.80. The Morgan fingerprint density at radius 3 is 2.03 bits per heavy atom. The van der Waals surface area contributed by atoms with Crippen molar-refractivity contribution >= 4 is 22.4 Å². The molecule has 1 aromatic heterocycles. The molecule has 4 nitrogen and oxygen atoms in total. The van der Waals surface area contributed by atoms with Gasteiger partial charge in [0.15, 0.2) is 0 Å². The fraction of sp³-hybridized carbons (Fsp3) is 0.0938. The van der Waals surface area contributed by atoms with Gasteiger partial charge < -0.3 is 14.5 Å². The molecule has 4 aromatic carbocycles. The van der Waals surface area contributed by atoms with Crippen LogP contribution in [0.1, 0.15) is 29.7 Å². The van der Waals surface area contributed by atoms with E-state index in [0.717, 1.165) is 44.4 Å². The van der Waals surface area contributed by atoms with E-state index in [-0.39, 0.29) is 11.9 Å². The van der Waals surface area contributed by atoms with Crippen LogP contribution in [-0.2, 0) is 4.79 Å². The molecule has 178 valence electrons. The highest BCUT2D eigenvalue weighted by Crippen LogP contribution is 2.37. The van der Waals surface area contributed by atoms with Crippen molar-refractivity contribution in [3.05, 3.63) is 132 Å². The zero-order valence-corrected chi connectivity index (χ0v) is 20.3. The van der Waals surface area contributed by atoms with Crippen molar-refractivity contribution < 1.29 is 13.9 Å². The Kier molecular flexibility index (Phi) is 6.67. The highest BCUT2D eigenvalue weighted by Gasteiger charge is 2.18. The van der Waals surface area contributed by atoms with Crippen molar-refractivity contribution in [1.29, 1.82) is 0 Å². The van der Waals surface area contributed by atoms with Crippen LogP contribution in [-0.4, -0.2) is 13.0 Å². The Hall–Kier alpha value is -4.57. The van der Waals surface area contributed by atoms with Crippen molar-refractivity contribution in [3.63, 3.8) is 0 Å². The topological polar surface area (TPSA) is 51.5 Å². The van der Waals surface area contributed by atoms with Crippen molar-refractivity contribution in [1.82, 2.24) is 5.32 Å². The summed E-state index contributed by atoms with van der Waals surface area (Å²) in [5.41, 5.74) is 6.49. The lowest BCUT2D eigenvalue weighted by atomic mass is 9.98. The molecule has 0 aliphatic heterocycles. The fourth-order valence-electron chi connectivity index (χ4n) is 4.48. The average molecular weight is 474 g/mol. The molecule has 0 spiro atoms. The quantitative estimate of drug-likeness (QED) is 0.250. The predicted molar refractivity (Wildman–Crippen MR) is 145 cm³/mol. The van der Waals surface area contributed by atoms with Crippen molar-refractivity contribution in [2.24, 2.45) is 0 Å². The summed E-state index contributed by atoms with van der Waals surface area (Å²) in [7, 11) is 1.62. The Bertz CT molecular complexity index is 1460. The molecule has 1 amide bonds. The molecule has 4 heteroatoms. The fourth-order valence-corrected chi connectivity index (χ4v) is 4.48. The van der Waals surface area contributed by atoms with Gasteiger partial charge in [-0.1, -0.05) is 91.0 Å². The van der Waals surface area contributed by atoms with Crippen LogP contribution in [0.3, 0.4) is 0 Å². The molecule has 0 atom stereocenters. The van der Waals surface area contributed by atoms with Gasteiger partial charge in [-0.2, -0.15) is 0 Å². The first kappa shape index (κ1) is 23.2. The lowest BCUT2D eigenvalue weighted by Crippen LogP contribution is -2.27. The predicted octanol–water partition coefficient (Wildman–Crippen LogP) is 7.42. The van der Waals surface area contributed by atoms with E-state index in [9.17, 15) is 4.79 Å². The Labute approximate surface area is 210 Å². The number of nitrogens with one attached hydrogen (secondary N) is 1. The number of rotatable bonds is 7. The molecule has 0 aliphatic carbocycles. The molecule has 5 rings (SSSR count). The monoisotopic (exact) mass is 473 g/mol. The molecule has 0 radical (unpaired) electrons. The minimum absolute atomic E-state index is 0.178. The maximum Gasteiger partial charge on any atom is 0.245 e. The van der Waals surface area contributed by atoms with E-state index in [0.29, 0.717) is 5.75 Å². The highest BCUT2D eigenvalue weighted by atomic mass is 16.5. The van der Waals surface area contributed by atoms with Gasteiger partial charge in [-0.3, -0.25) is 4.79 Å². The van der Waals surface area contributed by atoms with Crippen LogP contribution in [0, 0.1) is 0 Å². The maximum atomic E-state index is 13.2. The van der Waals surface area contributed by atoms with Gasteiger partial charge in [0, 0.05) is 28.7 Å². The minimum Gasteiger partial charge on any atom is -0.496 e. The molecule has 36 heavy (non-hydrogen) atoms. The third-order valence-electron chi connectivity index (χ3n) is 6.31. The van der Waals surface area contributed by atoms with E-state index in [1.807, 2.05) is 97.9 Å². The molecule has 0 bridgehead atoms. The van der Waals surface area contributed by atoms with Gasteiger partial charge in [-0.15, -0.1) is 0 Å². The molecule has 0 saturated heterocycles. The smallest absolute Gasteiger partial charge is 0.245 e. The van der Waals surface area contributed by atoms with Crippen LogP contribution in [0.25, 0.3) is 27.7 Å². The summed E-state index contributed by atoms with van der Waals surface area (Å²) in [5, 5.41) is 4.15. The number of hydrogen-bond donors (Lipinski definition) is 1. The Morgan fingerprint density at radius 1 is 0.861 bits per heavy atom. The first-order valence-corrected chi connectivity index (χ1v) is 11.9. The van der Waals surface area contributed by atoms with E-state index in [1.165, 1.54) is 0 Å². The molecule has 0 fully saturated rings. The van der Waals surface area contributed by atoms with Crippen molar-refractivity contribution in [2.75, 3.05) is 7.11 Å². The van der Waals surface area contributed by atoms with Gasteiger partial charge in [0.25, 0.3) is 0 Å². The number of fused-ring (bicyclic) bond motifs is 1. The molecule has 1 heterocycles. The second-order valence-electron chi connectivity index (χ2n) is 8.65. The van der Waals surface area contributed by atoms with E-state index < -0.39 is 0 Å². The first-order valence-electron chi connectivity index (χ1n) is 11.9. The SMILES string of the molecule is COc1cc2occ(-c3ccccc3)c2cc1/C(C)=C/C(=O)NC(c1ccccc1)c1ccccc1. The largest absolute Gasteiger partial charge is 0.496 e. The lowest BCUT2D eigenvalue weighted by Gasteiger charge is -2.19. The summed E-state index contributed by atoms with van der Waals surface area (Å²) in [4.78, 5) is 13.2. The van der Waals surface area contributed by atoms with E-state index in [4.69, 9.17) is 9.15 Å². The van der Waals surface area contributed by atoms with Crippen molar-refractivity contribution in [3.8, 4) is 16.9 Å². The summed E-state index contributed by atoms with van der Waals surface area (Å²) in [6.45, 7) is 1.92. The van der Waals surface area contributed by atoms with Gasteiger partial charge in [0.1, 0.15) is 11.3 Å². The standard InChI is InChI=1S/C32H27NO3/c1-22(18-31(34)33-32(24-14-8-4-9-15-24)25-16-10-5-11-17-25)26-19-27-28(23-12-6-3-7-13-23)21-36-30(27)20-29(26)35-2/h3-21,32H,1-2H3,(H,33,34)/b22-18+. The number of furan rings is 1. The van der Waals surface area contributed by atoms with Crippen LogP contribution in [0.15, 0.2) is 120 Å². The zero-order chi connectivity index (χ0) is 24.9. The lowest BCUT2D eigenvalue weighted by molar-refractivity contribution is -0.116. The van der Waals surface area contributed by atoms with Crippen LogP contribution in [0.5, 0.6) is 5.75 Å². The number of amides is 1. The summed E-state index contributed by atoms with van der Waals surface area (Å²) in [6, 6.07) is 33.7. The zero-order valence-electron chi connectivity index (χ0n) is 20.3. The summed E-state index contributed by atoms with van der Waals surface area (Å²) >= 11 is 0. The normalized spacial score (nSPS) is 11.6. The number of carbonyl (C=O) groups excluding carboxylic acids is 1. The van der Waals surface area contributed by atoms with Gasteiger partial charge in [-0.05, 0) is 35.3 Å². The summed E-state index contributed by atoms with van der Waals surface area (Å²) < 4.78 is 11.5. The van der Waals surface area contributed by atoms with Crippen LogP contribution in [0.4, 0.5) is 0 Å². The second kappa shape index (κ2) is 10.4. The number of allylic oxidation sites excluding steroid dienone is 1. The maximum absolute atomic E-state index is 13.2. The molecule has 0 saturated carbocycles. The average Bonchev–Trinajstić information content (AvgIpc) is 3.35. The van der Waals surface area contributed by atoms with Crippen LogP contribution < -0.4 is 10.1 Å². The second-order valence-corrected chi connectivity index (χ2v) is 8.65. The number of ether oxygens (including phenoxy) is 1. The van der Waals surface area contributed by atoms with Gasteiger partial charge in [0.05, 0.1) is 19.4 Å². The Balaban J connectivity index is 1.49. The molecular weight excluding hydrogens is 446 g/mol. The number of benzene rings is 4. The number of methoxy groups -OCH3 is 1. The minimum atomic E-state index is -0.258. The Morgan fingerprint density at radius 2 is 1.44 bits per heavy atom. The summed E-state index contributed by atoms with van der Waals surface area (Å²) in [5.74, 6) is 0.475. The van der Waals surface area contributed by atoms with E-state index in [2.05, 4.69) is 17.4 Å². The van der Waals surface area contributed by atoms with Crippen LogP contribution >= 0.6 is 0 Å². The first-order chi connectivity index (χ1) is 17.6. The van der Waals surface area contributed by atoms with Gasteiger partial charge >= 0.3 is 0 Å². The van der Waals surface area contributed by atoms with Gasteiger partial charge in [-0.25, -0.2) is 0 Å². The molecular formula is C32H27NO3. The molecule has 5 aromatic rings. The van der Waals surface area contributed by atoms with E-state index >= 15 is 0 Å². The van der Waals surface area contributed by atoms with E-state index in [1.54, 1.807) is 19.4 Å². The van der Waals surface area contributed by atoms with Gasteiger partial charge in [0.2, 0.25) is 5.91 Å². The molecule has 1 N–H and O–H groups in total. The molecule has 0 unspecified atom stereocenters. The van der Waals surface area contributed by atoms with Crippen molar-refractivity contribution in [2.45, 2.75) is 13.0 Å². The highest BCUT2D eigenvalue weighted by molar-refractivity contribution is 6.00. The third-order valence-corrected chi connectivity index (χ3v) is 6.31. The van der Waals surface area contributed by atoms with Crippen LogP contribution in [0.2, 0.25) is 0 Å².